The van der Waals surface area contributed by atoms with Crippen molar-refractivity contribution >= 4 is 0 Å². The molecular weight excluding hydrogens is 224 g/mol. The molecule has 2 aliphatic rings. The van der Waals surface area contributed by atoms with E-state index in [0.29, 0.717) is 17.6 Å². The molecule has 0 aromatic rings. The first-order valence-electron chi connectivity index (χ1n) is 7.68. The predicted octanol–water partition coefficient (Wildman–Crippen LogP) is 2.26. The van der Waals surface area contributed by atoms with Crippen LogP contribution in [0.4, 0.5) is 0 Å². The Kier molecular flexibility index (Phi) is 4.68. The van der Waals surface area contributed by atoms with Gasteiger partial charge in [-0.25, -0.2) is 0 Å². The lowest BCUT2D eigenvalue weighted by Gasteiger charge is -2.55. The van der Waals surface area contributed by atoms with E-state index in [1.165, 1.54) is 32.4 Å². The van der Waals surface area contributed by atoms with E-state index in [1.807, 2.05) is 0 Å². The van der Waals surface area contributed by atoms with Gasteiger partial charge in [0.05, 0.1) is 6.10 Å². The topological polar surface area (TPSA) is 24.5 Å². The highest BCUT2D eigenvalue weighted by Gasteiger charge is 2.51. The van der Waals surface area contributed by atoms with Crippen LogP contribution in [0.5, 0.6) is 0 Å². The summed E-state index contributed by atoms with van der Waals surface area (Å²) in [6.07, 6.45) is 4.23. The van der Waals surface area contributed by atoms with Gasteiger partial charge in [-0.2, -0.15) is 0 Å². The maximum atomic E-state index is 5.85. The number of rotatable bonds is 4. The lowest BCUT2D eigenvalue weighted by atomic mass is 9.63. The minimum atomic E-state index is 0.321. The molecule has 18 heavy (non-hydrogen) atoms. The second-order valence-electron chi connectivity index (χ2n) is 6.40. The lowest BCUT2D eigenvalue weighted by molar-refractivity contribution is -0.148. The van der Waals surface area contributed by atoms with Crippen LogP contribution < -0.4 is 5.32 Å². The van der Waals surface area contributed by atoms with Crippen LogP contribution in [-0.4, -0.2) is 49.3 Å². The zero-order chi connectivity index (χ0) is 13.2. The van der Waals surface area contributed by atoms with E-state index in [-0.39, 0.29) is 0 Å². The molecule has 0 amide bonds. The monoisotopic (exact) mass is 254 g/mol. The quantitative estimate of drug-likeness (QED) is 0.833. The fourth-order valence-corrected chi connectivity index (χ4v) is 3.58. The highest BCUT2D eigenvalue weighted by Crippen LogP contribution is 2.45. The van der Waals surface area contributed by atoms with Gasteiger partial charge in [-0.15, -0.1) is 0 Å². The Labute approximate surface area is 112 Å². The largest absolute Gasteiger partial charge is 0.378 e. The number of nitrogens with zero attached hydrogens (tertiary/aromatic N) is 1. The standard InChI is InChI=1S/C15H30N2O/c1-5-12-7-9-17(10-8-16-12)13-11-14(18-6-2)15(13,3)4/h12-14,16H,5-11H2,1-4H3. The van der Waals surface area contributed by atoms with Crippen LogP contribution >= 0.6 is 0 Å². The molecule has 106 valence electrons. The first-order valence-corrected chi connectivity index (χ1v) is 7.68. The molecule has 1 aliphatic carbocycles. The maximum absolute atomic E-state index is 5.85. The summed E-state index contributed by atoms with van der Waals surface area (Å²) in [5.41, 5.74) is 0.321. The van der Waals surface area contributed by atoms with Crippen molar-refractivity contribution < 1.29 is 4.74 Å². The van der Waals surface area contributed by atoms with E-state index >= 15 is 0 Å². The summed E-state index contributed by atoms with van der Waals surface area (Å²) in [5.74, 6) is 0. The summed E-state index contributed by atoms with van der Waals surface area (Å²) in [7, 11) is 0. The first kappa shape index (κ1) is 14.3. The van der Waals surface area contributed by atoms with E-state index in [2.05, 4.69) is 37.9 Å². The molecule has 2 rings (SSSR count). The van der Waals surface area contributed by atoms with Gasteiger partial charge in [0.15, 0.2) is 0 Å². The van der Waals surface area contributed by atoms with Gasteiger partial charge in [0.1, 0.15) is 0 Å². The van der Waals surface area contributed by atoms with Gasteiger partial charge in [-0.1, -0.05) is 20.8 Å². The van der Waals surface area contributed by atoms with Gasteiger partial charge in [-0.3, -0.25) is 4.90 Å². The maximum Gasteiger partial charge on any atom is 0.0655 e. The van der Waals surface area contributed by atoms with Crippen molar-refractivity contribution in [2.75, 3.05) is 26.2 Å². The van der Waals surface area contributed by atoms with Crippen molar-refractivity contribution in [1.29, 1.82) is 0 Å². The molecule has 3 nitrogen and oxygen atoms in total. The summed E-state index contributed by atoms with van der Waals surface area (Å²) in [5, 5.41) is 3.66. The summed E-state index contributed by atoms with van der Waals surface area (Å²) in [6.45, 7) is 13.6. The third-order valence-corrected chi connectivity index (χ3v) is 5.02. The lowest BCUT2D eigenvalue weighted by Crippen LogP contribution is -2.62. The molecule has 3 heteroatoms. The fraction of sp³-hybridized carbons (Fsp3) is 1.00. The molecule has 1 N–H and O–H groups in total. The van der Waals surface area contributed by atoms with Crippen LogP contribution in [0, 0.1) is 5.41 Å². The van der Waals surface area contributed by atoms with Crippen LogP contribution in [0.1, 0.15) is 47.0 Å². The second kappa shape index (κ2) is 5.89. The van der Waals surface area contributed by atoms with E-state index < -0.39 is 0 Å². The fourth-order valence-electron chi connectivity index (χ4n) is 3.58. The van der Waals surface area contributed by atoms with Gasteiger partial charge < -0.3 is 10.1 Å². The smallest absolute Gasteiger partial charge is 0.0655 e. The molecule has 0 radical (unpaired) electrons. The van der Waals surface area contributed by atoms with Crippen LogP contribution in [0.15, 0.2) is 0 Å². The SMILES string of the molecule is CCOC1CC(N2CCNC(CC)CC2)C1(C)C. The van der Waals surface area contributed by atoms with Gasteiger partial charge in [0, 0.05) is 37.2 Å². The second-order valence-corrected chi connectivity index (χ2v) is 6.40. The van der Waals surface area contributed by atoms with Crippen LogP contribution in [0.3, 0.4) is 0 Å². The average molecular weight is 254 g/mol. The molecular formula is C15H30N2O. The molecule has 2 fully saturated rings. The molecule has 1 saturated heterocycles. The van der Waals surface area contributed by atoms with Crippen molar-refractivity contribution in [3.05, 3.63) is 0 Å². The first-order chi connectivity index (χ1) is 8.59. The van der Waals surface area contributed by atoms with E-state index in [4.69, 9.17) is 4.74 Å². The van der Waals surface area contributed by atoms with Crippen molar-refractivity contribution in [3.8, 4) is 0 Å². The molecule has 0 bridgehead atoms. The highest BCUT2D eigenvalue weighted by atomic mass is 16.5. The molecule has 0 aromatic heterocycles. The minimum absolute atomic E-state index is 0.321. The summed E-state index contributed by atoms with van der Waals surface area (Å²) in [6, 6.07) is 1.44. The van der Waals surface area contributed by atoms with E-state index in [0.717, 1.165) is 19.2 Å². The molecule has 1 aliphatic heterocycles. The van der Waals surface area contributed by atoms with Crippen molar-refractivity contribution in [2.45, 2.75) is 65.1 Å². The molecule has 0 spiro atoms. The highest BCUT2D eigenvalue weighted by molar-refractivity contribution is 5.04. The molecule has 3 atom stereocenters. The predicted molar refractivity (Wildman–Crippen MR) is 75.9 cm³/mol. The Hall–Kier alpha value is -0.120. The number of nitrogens with one attached hydrogen (secondary N) is 1. The average Bonchev–Trinajstić information content (AvgIpc) is 2.59. The van der Waals surface area contributed by atoms with Gasteiger partial charge in [-0.05, 0) is 32.7 Å². The molecule has 0 aromatic carbocycles. The Bertz CT molecular complexity index is 267. The number of hydrogen-bond acceptors (Lipinski definition) is 3. The van der Waals surface area contributed by atoms with Crippen molar-refractivity contribution in [1.82, 2.24) is 10.2 Å². The zero-order valence-electron chi connectivity index (χ0n) is 12.5. The summed E-state index contributed by atoms with van der Waals surface area (Å²) in [4.78, 5) is 2.69. The van der Waals surface area contributed by atoms with E-state index in [9.17, 15) is 0 Å². The molecule has 3 unspecified atom stereocenters. The van der Waals surface area contributed by atoms with Crippen LogP contribution in [0.25, 0.3) is 0 Å². The third kappa shape index (κ3) is 2.73. The number of ether oxygens (including phenoxy) is 1. The van der Waals surface area contributed by atoms with Gasteiger partial charge in [0.25, 0.3) is 0 Å². The summed E-state index contributed by atoms with van der Waals surface area (Å²) < 4.78 is 5.85. The van der Waals surface area contributed by atoms with Crippen LogP contribution in [0.2, 0.25) is 0 Å². The Morgan fingerprint density at radius 1 is 1.28 bits per heavy atom. The van der Waals surface area contributed by atoms with Gasteiger partial charge >= 0.3 is 0 Å². The van der Waals surface area contributed by atoms with E-state index in [1.54, 1.807) is 0 Å². The Morgan fingerprint density at radius 3 is 2.67 bits per heavy atom. The Balaban J connectivity index is 1.89. The van der Waals surface area contributed by atoms with Gasteiger partial charge in [0.2, 0.25) is 0 Å². The summed E-state index contributed by atoms with van der Waals surface area (Å²) >= 11 is 0. The van der Waals surface area contributed by atoms with Crippen LogP contribution in [-0.2, 0) is 4.74 Å². The number of hydrogen-bond donors (Lipinski definition) is 1. The van der Waals surface area contributed by atoms with Crippen molar-refractivity contribution in [2.24, 2.45) is 5.41 Å². The minimum Gasteiger partial charge on any atom is -0.378 e. The Morgan fingerprint density at radius 2 is 2.06 bits per heavy atom. The molecule has 1 saturated carbocycles. The van der Waals surface area contributed by atoms with Crippen molar-refractivity contribution in [3.63, 3.8) is 0 Å². The molecule has 1 heterocycles. The third-order valence-electron chi connectivity index (χ3n) is 5.02. The normalized spacial score (nSPS) is 37.0. The zero-order valence-corrected chi connectivity index (χ0v) is 12.5.